The average Bonchev–Trinajstić information content (AvgIpc) is 2.43. The van der Waals surface area contributed by atoms with Crippen molar-refractivity contribution < 1.29 is 4.92 Å². The first-order valence-corrected chi connectivity index (χ1v) is 5.06. The Morgan fingerprint density at radius 3 is 2.92 bits per heavy atom. The van der Waals surface area contributed by atoms with Crippen LogP contribution in [0, 0.1) is 10.1 Å². The minimum absolute atomic E-state index is 0.140. The van der Waals surface area contributed by atoms with Gasteiger partial charge in [-0.15, -0.1) is 0 Å². The van der Waals surface area contributed by atoms with Crippen molar-refractivity contribution in [2.45, 2.75) is 13.0 Å². The number of thiol groups is 1. The van der Waals surface area contributed by atoms with Crippen molar-refractivity contribution >= 4 is 34.4 Å². The molecule has 1 aromatic rings. The van der Waals surface area contributed by atoms with Crippen molar-refractivity contribution in [3.63, 3.8) is 0 Å². The molecule has 0 radical (unpaired) electrons. The van der Waals surface area contributed by atoms with E-state index in [2.05, 4.69) is 33.7 Å². The summed E-state index contributed by atoms with van der Waals surface area (Å²) < 4.78 is 1.95. The molecule has 0 spiro atoms. The number of aromatic nitrogens is 2. The van der Waals surface area contributed by atoms with Crippen LogP contribution in [0.2, 0.25) is 0 Å². The minimum atomic E-state index is -0.513. The van der Waals surface area contributed by atoms with Gasteiger partial charge >= 0.3 is 5.82 Å². The topological polar surface area (TPSA) is 61.0 Å². The zero-order valence-corrected chi connectivity index (χ0v) is 9.16. The summed E-state index contributed by atoms with van der Waals surface area (Å²) in [6.07, 6.45) is 2.44. The Morgan fingerprint density at radius 1 is 1.77 bits per heavy atom. The largest absolute Gasteiger partial charge is 0.404 e. The number of rotatable bonds is 4. The van der Waals surface area contributed by atoms with Crippen LogP contribution in [0.4, 0.5) is 5.82 Å². The summed E-state index contributed by atoms with van der Waals surface area (Å²) in [5.41, 5.74) is 0. The lowest BCUT2D eigenvalue weighted by Gasteiger charge is -1.91. The second kappa shape index (κ2) is 4.61. The maximum absolute atomic E-state index is 10.4. The number of aryl methyl sites for hydroxylation is 1. The second-order valence-electron chi connectivity index (χ2n) is 2.40. The van der Waals surface area contributed by atoms with Crippen LogP contribution in [0.3, 0.4) is 0 Å². The zero-order valence-electron chi connectivity index (χ0n) is 6.68. The van der Waals surface area contributed by atoms with Gasteiger partial charge in [0.1, 0.15) is 4.47 Å². The molecule has 0 fully saturated rings. The molecule has 1 heterocycles. The maximum atomic E-state index is 10.4. The van der Waals surface area contributed by atoms with E-state index in [1.165, 1.54) is 0 Å². The van der Waals surface area contributed by atoms with Crippen molar-refractivity contribution in [3.05, 3.63) is 20.8 Å². The predicted molar refractivity (Wildman–Crippen MR) is 55.1 cm³/mol. The molecule has 0 N–H and O–H groups in total. The summed E-state index contributed by atoms with van der Waals surface area (Å²) in [5.74, 6) is 0.602. The van der Waals surface area contributed by atoms with Crippen molar-refractivity contribution in [1.29, 1.82) is 0 Å². The van der Waals surface area contributed by atoms with Gasteiger partial charge in [-0.1, -0.05) is 0 Å². The van der Waals surface area contributed by atoms with Gasteiger partial charge in [0.25, 0.3) is 0 Å². The van der Waals surface area contributed by atoms with Crippen LogP contribution in [0.25, 0.3) is 0 Å². The molecule has 13 heavy (non-hydrogen) atoms. The maximum Gasteiger partial charge on any atom is 0.404 e. The molecule has 72 valence electrons. The fourth-order valence-electron chi connectivity index (χ4n) is 0.858. The molecule has 0 bridgehead atoms. The Balaban J connectivity index is 2.76. The van der Waals surface area contributed by atoms with E-state index in [0.29, 0.717) is 11.0 Å². The third kappa shape index (κ3) is 2.70. The summed E-state index contributed by atoms with van der Waals surface area (Å²) in [4.78, 5) is 9.88. The highest BCUT2D eigenvalue weighted by Gasteiger charge is 2.17. The molecule has 0 aliphatic heterocycles. The predicted octanol–water partition coefficient (Wildman–Crippen LogP) is 1.87. The first kappa shape index (κ1) is 10.5. The highest BCUT2D eigenvalue weighted by atomic mass is 79.9. The highest BCUT2D eigenvalue weighted by Crippen LogP contribution is 2.21. The quantitative estimate of drug-likeness (QED) is 0.514. The fraction of sp³-hybridized carbons (Fsp3) is 0.500. The van der Waals surface area contributed by atoms with Crippen molar-refractivity contribution in [1.82, 2.24) is 9.78 Å². The standard InChI is InChI=1S/C6H8BrN3O2S/c7-5-4-9(2-1-3-13)8-6(5)10(11)12/h4,13H,1-3H2. The minimum Gasteiger partial charge on any atom is -0.358 e. The van der Waals surface area contributed by atoms with Crippen LogP contribution in [0.1, 0.15) is 6.42 Å². The Labute approximate surface area is 88.8 Å². The van der Waals surface area contributed by atoms with E-state index < -0.39 is 4.92 Å². The average molecular weight is 266 g/mol. The Morgan fingerprint density at radius 2 is 2.46 bits per heavy atom. The monoisotopic (exact) mass is 265 g/mol. The number of nitrogens with zero attached hydrogens (tertiary/aromatic N) is 3. The van der Waals surface area contributed by atoms with E-state index >= 15 is 0 Å². The van der Waals surface area contributed by atoms with Crippen LogP contribution in [-0.4, -0.2) is 20.5 Å². The van der Waals surface area contributed by atoms with Crippen molar-refractivity contribution in [2.24, 2.45) is 0 Å². The molecule has 0 atom stereocenters. The number of halogens is 1. The molecule has 1 aromatic heterocycles. The van der Waals surface area contributed by atoms with Crippen LogP contribution < -0.4 is 0 Å². The SMILES string of the molecule is O=[N+]([O-])c1nn(CCCS)cc1Br. The summed E-state index contributed by atoms with van der Waals surface area (Å²) in [5, 5.41) is 14.2. The van der Waals surface area contributed by atoms with E-state index in [0.717, 1.165) is 12.2 Å². The van der Waals surface area contributed by atoms with Gasteiger partial charge < -0.3 is 10.1 Å². The third-order valence-electron chi connectivity index (χ3n) is 1.42. The number of nitro groups is 1. The molecule has 0 amide bonds. The summed E-state index contributed by atoms with van der Waals surface area (Å²) in [6, 6.07) is 0. The van der Waals surface area contributed by atoms with Crippen LogP contribution in [-0.2, 0) is 6.54 Å². The van der Waals surface area contributed by atoms with E-state index in [1.807, 2.05) is 0 Å². The van der Waals surface area contributed by atoms with Gasteiger partial charge in [-0.2, -0.15) is 17.3 Å². The third-order valence-corrected chi connectivity index (χ3v) is 2.29. The van der Waals surface area contributed by atoms with Crippen LogP contribution in [0.15, 0.2) is 10.7 Å². The Bertz CT molecular complexity index is 315. The van der Waals surface area contributed by atoms with E-state index in [9.17, 15) is 10.1 Å². The molecule has 1 rings (SSSR count). The first-order chi connectivity index (χ1) is 6.15. The van der Waals surface area contributed by atoms with Gasteiger partial charge in [-0.25, -0.2) is 0 Å². The van der Waals surface area contributed by atoms with E-state index in [-0.39, 0.29) is 5.82 Å². The van der Waals surface area contributed by atoms with Crippen molar-refractivity contribution in [3.8, 4) is 0 Å². The fourth-order valence-corrected chi connectivity index (χ4v) is 1.46. The molecule has 0 unspecified atom stereocenters. The van der Waals surface area contributed by atoms with E-state index in [1.54, 1.807) is 10.9 Å². The molecular weight excluding hydrogens is 258 g/mol. The number of hydrogen-bond donors (Lipinski definition) is 1. The lowest BCUT2D eigenvalue weighted by atomic mass is 10.5. The molecule has 0 saturated heterocycles. The van der Waals surface area contributed by atoms with Gasteiger partial charge in [0.05, 0.1) is 17.8 Å². The molecule has 7 heteroatoms. The summed E-state index contributed by atoms with van der Waals surface area (Å²) in [6.45, 7) is 0.649. The first-order valence-electron chi connectivity index (χ1n) is 3.63. The smallest absolute Gasteiger partial charge is 0.358 e. The van der Waals surface area contributed by atoms with Crippen LogP contribution in [0.5, 0.6) is 0 Å². The second-order valence-corrected chi connectivity index (χ2v) is 3.70. The number of hydrogen-bond acceptors (Lipinski definition) is 4. The highest BCUT2D eigenvalue weighted by molar-refractivity contribution is 9.10. The molecule has 0 aliphatic carbocycles. The van der Waals surface area contributed by atoms with Crippen LogP contribution >= 0.6 is 28.6 Å². The Kier molecular flexibility index (Phi) is 3.73. The van der Waals surface area contributed by atoms with Crippen molar-refractivity contribution in [2.75, 3.05) is 5.75 Å². The van der Waals surface area contributed by atoms with Gasteiger partial charge in [-0.05, 0) is 33.0 Å². The normalized spacial score (nSPS) is 10.3. The lowest BCUT2D eigenvalue weighted by molar-refractivity contribution is -0.390. The lowest BCUT2D eigenvalue weighted by Crippen LogP contribution is -2.00. The van der Waals surface area contributed by atoms with Gasteiger partial charge in [0.15, 0.2) is 0 Å². The summed E-state index contributed by atoms with van der Waals surface area (Å²) in [7, 11) is 0. The van der Waals surface area contributed by atoms with Gasteiger partial charge in [0.2, 0.25) is 0 Å². The van der Waals surface area contributed by atoms with E-state index in [4.69, 9.17) is 0 Å². The molecular formula is C6H8BrN3O2S. The molecule has 0 aliphatic rings. The molecule has 0 saturated carbocycles. The molecule has 0 aromatic carbocycles. The zero-order chi connectivity index (χ0) is 9.84. The Hall–Kier alpha value is -0.560. The van der Waals surface area contributed by atoms with Gasteiger partial charge in [0, 0.05) is 0 Å². The summed E-state index contributed by atoms with van der Waals surface area (Å²) >= 11 is 7.10. The van der Waals surface area contributed by atoms with Gasteiger partial charge in [-0.3, -0.25) is 0 Å². The molecule has 5 nitrogen and oxygen atoms in total.